The molecule has 0 aliphatic rings. The molecule has 122 valence electrons. The number of aryl methyl sites for hydroxylation is 1. The van der Waals surface area contributed by atoms with Crippen LogP contribution in [0.1, 0.15) is 38.8 Å². The maximum Gasteiger partial charge on any atom is 0.0704 e. The van der Waals surface area contributed by atoms with Gasteiger partial charge in [-0.05, 0) is 42.0 Å². The summed E-state index contributed by atoms with van der Waals surface area (Å²) < 4.78 is 0. The first-order valence-electron chi connectivity index (χ1n) is 8.00. The Labute approximate surface area is 142 Å². The van der Waals surface area contributed by atoms with E-state index in [1.54, 1.807) is 0 Å². The molecule has 1 heteroatoms. The van der Waals surface area contributed by atoms with E-state index in [0.29, 0.717) is 0 Å². The number of benzene rings is 1. The van der Waals surface area contributed by atoms with Crippen LogP contribution in [0.15, 0.2) is 55.3 Å². The van der Waals surface area contributed by atoms with Crippen molar-refractivity contribution >= 4 is 10.9 Å². The van der Waals surface area contributed by atoms with Gasteiger partial charge in [0.1, 0.15) is 0 Å². The number of terminal acetylenes is 1. The van der Waals surface area contributed by atoms with Crippen LogP contribution in [0.25, 0.3) is 10.9 Å². The predicted molar refractivity (Wildman–Crippen MR) is 105 cm³/mol. The van der Waals surface area contributed by atoms with Crippen LogP contribution in [0.3, 0.4) is 0 Å². The van der Waals surface area contributed by atoms with Crippen molar-refractivity contribution in [2.45, 2.75) is 41.0 Å². The summed E-state index contributed by atoms with van der Waals surface area (Å²) in [6, 6.07) is 8.44. The second kappa shape index (κ2) is 10.4. The van der Waals surface area contributed by atoms with E-state index >= 15 is 0 Å². The number of hydrogen-bond donors (Lipinski definition) is 0. The van der Waals surface area contributed by atoms with E-state index in [4.69, 9.17) is 0 Å². The van der Waals surface area contributed by atoms with Crippen molar-refractivity contribution in [1.29, 1.82) is 0 Å². The van der Waals surface area contributed by atoms with Crippen LogP contribution in [0.5, 0.6) is 0 Å². The number of fused-ring (bicyclic) bond motifs is 1. The number of hydrogen-bond acceptors (Lipinski definition) is 1. The number of pyridine rings is 1. The van der Waals surface area contributed by atoms with Crippen LogP contribution >= 0.6 is 0 Å². The molecule has 23 heavy (non-hydrogen) atoms. The third-order valence-corrected chi connectivity index (χ3v) is 3.45. The van der Waals surface area contributed by atoms with Crippen molar-refractivity contribution in [3.05, 3.63) is 66.4 Å². The fraction of sp³-hybridized carbons (Fsp3) is 0.318. The van der Waals surface area contributed by atoms with Crippen molar-refractivity contribution in [3.8, 4) is 12.8 Å². The zero-order valence-corrected chi connectivity index (χ0v) is 15.1. The second-order valence-electron chi connectivity index (χ2n) is 5.69. The van der Waals surface area contributed by atoms with Crippen molar-refractivity contribution < 1.29 is 0 Å². The Kier molecular flexibility index (Phi) is 9.35. The minimum absolute atomic E-state index is 0.114. The van der Waals surface area contributed by atoms with Crippen molar-refractivity contribution in [2.24, 2.45) is 5.41 Å². The quantitative estimate of drug-likeness (QED) is 0.489. The first-order valence-corrected chi connectivity index (χ1v) is 8.00. The smallest absolute Gasteiger partial charge is 0.0704 e. The van der Waals surface area contributed by atoms with Gasteiger partial charge in [-0.25, -0.2) is 0 Å². The Morgan fingerprint density at radius 2 is 1.83 bits per heavy atom. The minimum atomic E-state index is 0.114. The van der Waals surface area contributed by atoms with E-state index in [1.165, 1.54) is 16.5 Å². The molecule has 1 nitrogen and oxygen atoms in total. The van der Waals surface area contributed by atoms with Gasteiger partial charge in [0.25, 0.3) is 0 Å². The van der Waals surface area contributed by atoms with E-state index in [0.717, 1.165) is 11.9 Å². The van der Waals surface area contributed by atoms with Gasteiger partial charge >= 0.3 is 0 Å². The second-order valence-corrected chi connectivity index (χ2v) is 5.69. The van der Waals surface area contributed by atoms with Crippen LogP contribution in [0.4, 0.5) is 0 Å². The summed E-state index contributed by atoms with van der Waals surface area (Å²) in [4.78, 5) is 4.44. The van der Waals surface area contributed by atoms with E-state index in [-0.39, 0.29) is 5.41 Å². The summed E-state index contributed by atoms with van der Waals surface area (Å²) in [6.45, 7) is 14.4. The number of nitrogens with zero attached hydrogens (tertiary/aromatic N) is 1. The average molecular weight is 307 g/mol. The molecule has 0 radical (unpaired) electrons. The highest BCUT2D eigenvalue weighted by atomic mass is 14.6. The summed E-state index contributed by atoms with van der Waals surface area (Å²) in [5.41, 5.74) is 3.92. The highest BCUT2D eigenvalue weighted by Crippen LogP contribution is 2.29. The Morgan fingerprint density at radius 3 is 2.43 bits per heavy atom. The Balaban J connectivity index is 0.00000112. The lowest BCUT2D eigenvalue weighted by Crippen LogP contribution is -2.12. The molecule has 2 rings (SSSR count). The maximum atomic E-state index is 4.44. The van der Waals surface area contributed by atoms with Gasteiger partial charge < -0.3 is 0 Å². The molecule has 0 N–H and O–H groups in total. The van der Waals surface area contributed by atoms with Crippen LogP contribution in [-0.4, -0.2) is 4.98 Å². The summed E-state index contributed by atoms with van der Waals surface area (Å²) in [6.07, 6.45) is 16.9. The lowest BCUT2D eigenvalue weighted by molar-refractivity contribution is 0.478. The van der Waals surface area contributed by atoms with Gasteiger partial charge in [-0.15, -0.1) is 12.8 Å². The number of aromatic nitrogens is 1. The molecule has 0 amide bonds. The Morgan fingerprint density at radius 1 is 1.17 bits per heavy atom. The molecule has 0 atom stereocenters. The lowest BCUT2D eigenvalue weighted by Gasteiger charge is -2.22. The standard InChI is InChI=1S/C18H21N.C2H6.C2H2/c1-5-6-11-18(3,4)13-16-14(2)9-10-17-15(16)8-7-12-19-17;2*1-2/h5-12H,1,13H2,2-4H3;1-2H3;1-2H/b11-6-;;. The highest BCUT2D eigenvalue weighted by Gasteiger charge is 2.17. The van der Waals surface area contributed by atoms with Crippen LogP contribution in [0.2, 0.25) is 0 Å². The SMILES string of the molecule is C#C.C=C/C=C\C(C)(C)Cc1c(C)ccc2ncccc12.CC. The van der Waals surface area contributed by atoms with E-state index in [9.17, 15) is 0 Å². The minimum Gasteiger partial charge on any atom is -0.256 e. The molecule has 0 bridgehead atoms. The largest absolute Gasteiger partial charge is 0.256 e. The molecule has 0 saturated heterocycles. The fourth-order valence-electron chi connectivity index (χ4n) is 2.40. The zero-order chi connectivity index (χ0) is 17.9. The van der Waals surface area contributed by atoms with E-state index in [2.05, 4.69) is 69.5 Å². The molecule has 0 fully saturated rings. The predicted octanol–water partition coefficient (Wildman–Crippen LogP) is 6.13. The van der Waals surface area contributed by atoms with Crippen molar-refractivity contribution in [3.63, 3.8) is 0 Å². The summed E-state index contributed by atoms with van der Waals surface area (Å²) >= 11 is 0. The molecule has 1 heterocycles. The molecule has 1 aromatic heterocycles. The van der Waals surface area contributed by atoms with Gasteiger partial charge in [-0.3, -0.25) is 4.98 Å². The Bertz CT molecular complexity index is 660. The number of rotatable bonds is 4. The van der Waals surface area contributed by atoms with Gasteiger partial charge in [0.15, 0.2) is 0 Å². The first-order chi connectivity index (χ1) is 11.0. The molecule has 1 aromatic carbocycles. The van der Waals surface area contributed by atoms with Gasteiger partial charge in [-0.2, -0.15) is 0 Å². The molecule has 0 spiro atoms. The fourth-order valence-corrected chi connectivity index (χ4v) is 2.40. The number of allylic oxidation sites excluding steroid dienone is 3. The van der Waals surface area contributed by atoms with Crippen LogP contribution < -0.4 is 0 Å². The molecule has 0 saturated carbocycles. The zero-order valence-electron chi connectivity index (χ0n) is 15.1. The van der Waals surface area contributed by atoms with Crippen molar-refractivity contribution in [1.82, 2.24) is 4.98 Å². The summed E-state index contributed by atoms with van der Waals surface area (Å²) in [5, 5.41) is 1.27. The molecule has 0 unspecified atom stereocenters. The maximum absolute atomic E-state index is 4.44. The average Bonchev–Trinajstić information content (AvgIpc) is 2.59. The summed E-state index contributed by atoms with van der Waals surface area (Å²) in [7, 11) is 0. The highest BCUT2D eigenvalue weighted by molar-refractivity contribution is 5.83. The molecule has 0 aliphatic heterocycles. The molecular formula is C22H29N. The first kappa shape index (κ1) is 20.7. The van der Waals surface area contributed by atoms with Gasteiger partial charge in [0.2, 0.25) is 0 Å². The van der Waals surface area contributed by atoms with Gasteiger partial charge in [0, 0.05) is 11.6 Å². The topological polar surface area (TPSA) is 12.9 Å². The van der Waals surface area contributed by atoms with Crippen LogP contribution in [-0.2, 0) is 6.42 Å². The summed E-state index contributed by atoms with van der Waals surface area (Å²) in [5.74, 6) is 0. The monoisotopic (exact) mass is 307 g/mol. The third-order valence-electron chi connectivity index (χ3n) is 3.45. The van der Waals surface area contributed by atoms with Gasteiger partial charge in [-0.1, -0.05) is 64.6 Å². The van der Waals surface area contributed by atoms with Crippen LogP contribution in [0, 0.1) is 25.2 Å². The molecular weight excluding hydrogens is 278 g/mol. The normalized spacial score (nSPS) is 10.4. The third kappa shape index (κ3) is 6.12. The Hall–Kier alpha value is -2.33. The lowest BCUT2D eigenvalue weighted by atomic mass is 9.82. The van der Waals surface area contributed by atoms with Gasteiger partial charge in [0.05, 0.1) is 5.52 Å². The molecule has 0 aliphatic carbocycles. The van der Waals surface area contributed by atoms with E-state index < -0.39 is 0 Å². The van der Waals surface area contributed by atoms with E-state index in [1.807, 2.05) is 38.3 Å². The van der Waals surface area contributed by atoms with Crippen molar-refractivity contribution in [2.75, 3.05) is 0 Å². The molecule has 2 aromatic rings.